The highest BCUT2D eigenvalue weighted by Crippen LogP contribution is 2.42. The van der Waals surface area contributed by atoms with Gasteiger partial charge in [-0.2, -0.15) is 0 Å². The van der Waals surface area contributed by atoms with Crippen LogP contribution in [0.3, 0.4) is 0 Å². The maximum atomic E-state index is 13.0. The molecule has 1 aliphatic rings. The summed E-state index contributed by atoms with van der Waals surface area (Å²) in [4.78, 5) is 24.7. The van der Waals surface area contributed by atoms with E-state index in [2.05, 4.69) is 17.2 Å². The molecule has 1 aromatic rings. The lowest BCUT2D eigenvalue weighted by atomic mass is 9.87. The topological polar surface area (TPSA) is 173 Å². The Labute approximate surface area is 247 Å². The van der Waals surface area contributed by atoms with Crippen LogP contribution < -0.4 is 16.4 Å². The van der Waals surface area contributed by atoms with Gasteiger partial charge in [-0.15, -0.1) is 6.58 Å². The fraction of sp³-hybridized carbons (Fsp3) is 0.484. The minimum absolute atomic E-state index is 0.0416. The fourth-order valence-electron chi connectivity index (χ4n) is 4.98. The second-order valence-corrected chi connectivity index (χ2v) is 10.6. The van der Waals surface area contributed by atoms with Crippen molar-refractivity contribution in [2.24, 2.45) is 17.6 Å². The third-order valence-electron chi connectivity index (χ3n) is 7.25. The van der Waals surface area contributed by atoms with Gasteiger partial charge in [-0.05, 0) is 38.2 Å². The molecule has 0 aromatic heterocycles. The number of carbonyl (C=O) groups is 2. The molecule has 1 aromatic carbocycles. The fourth-order valence-corrected chi connectivity index (χ4v) is 4.98. The molecule has 6 atom stereocenters. The second-order valence-electron chi connectivity index (χ2n) is 10.6. The van der Waals surface area contributed by atoms with Crippen LogP contribution in [0.5, 0.6) is 11.5 Å². The molecule has 0 spiro atoms. The number of hydrogen-bond donors (Lipinski definition) is 6. The average Bonchev–Trinajstić information content (AvgIpc) is 2.94. The summed E-state index contributed by atoms with van der Waals surface area (Å²) in [5, 5.41) is 39.1. The van der Waals surface area contributed by atoms with Crippen molar-refractivity contribution in [2.45, 2.75) is 65.0 Å². The molecule has 0 saturated heterocycles. The number of benzene rings is 1. The summed E-state index contributed by atoms with van der Waals surface area (Å²) in [6.07, 6.45) is 4.64. The lowest BCUT2D eigenvalue weighted by Crippen LogP contribution is -2.37. The Morgan fingerprint density at radius 2 is 1.93 bits per heavy atom. The zero-order valence-electron chi connectivity index (χ0n) is 25.2. The maximum absolute atomic E-state index is 13.0. The highest BCUT2D eigenvalue weighted by atomic mass is 16.6. The molecule has 0 fully saturated rings. The molecule has 2 amide bonds. The first-order valence-corrected chi connectivity index (χ1v) is 13.8. The number of anilines is 2. The lowest BCUT2D eigenvalue weighted by molar-refractivity contribution is -0.112. The second kappa shape index (κ2) is 16.0. The number of aliphatic hydroxyl groups is 1. The van der Waals surface area contributed by atoms with E-state index in [9.17, 15) is 24.9 Å². The van der Waals surface area contributed by atoms with E-state index < -0.39 is 42.3 Å². The van der Waals surface area contributed by atoms with Gasteiger partial charge in [-0.1, -0.05) is 44.2 Å². The van der Waals surface area contributed by atoms with Crippen molar-refractivity contribution in [1.29, 1.82) is 0 Å². The smallest absolute Gasteiger partial charge is 0.405 e. The Kier molecular flexibility index (Phi) is 13.1. The lowest BCUT2D eigenvalue weighted by Gasteiger charge is -2.29. The van der Waals surface area contributed by atoms with E-state index >= 15 is 0 Å². The van der Waals surface area contributed by atoms with Crippen LogP contribution in [0.15, 0.2) is 54.2 Å². The van der Waals surface area contributed by atoms with Gasteiger partial charge in [-0.25, -0.2) is 4.79 Å². The van der Waals surface area contributed by atoms with Crippen LogP contribution in [0.4, 0.5) is 16.2 Å². The van der Waals surface area contributed by atoms with Gasteiger partial charge in [-0.3, -0.25) is 4.79 Å². The Bertz CT molecular complexity index is 1210. The van der Waals surface area contributed by atoms with E-state index in [1.54, 1.807) is 38.2 Å². The van der Waals surface area contributed by atoms with Crippen LogP contribution >= 0.6 is 0 Å². The molecule has 0 saturated carbocycles. The molecule has 7 N–H and O–H groups in total. The number of fused-ring (bicyclic) bond motifs is 2. The monoisotopic (exact) mass is 587 g/mol. The molecule has 1 heterocycles. The summed E-state index contributed by atoms with van der Waals surface area (Å²) in [6, 6.07) is 1.28. The molecule has 1 aliphatic heterocycles. The number of nitrogens with two attached hydrogens (primary N) is 1. The van der Waals surface area contributed by atoms with Crippen LogP contribution in [-0.4, -0.2) is 72.5 Å². The number of hydrogen-bond acceptors (Lipinski definition) is 9. The van der Waals surface area contributed by atoms with Crippen molar-refractivity contribution >= 4 is 23.4 Å². The van der Waals surface area contributed by atoms with Crippen molar-refractivity contribution in [2.75, 3.05) is 31.4 Å². The van der Waals surface area contributed by atoms with E-state index in [1.807, 2.05) is 13.8 Å². The van der Waals surface area contributed by atoms with Gasteiger partial charge in [0.25, 0.3) is 5.91 Å². The number of primary amides is 1. The van der Waals surface area contributed by atoms with Crippen molar-refractivity contribution < 1.29 is 39.1 Å². The first kappa shape index (κ1) is 34.4. The number of ether oxygens (including phenoxy) is 3. The van der Waals surface area contributed by atoms with Crippen LogP contribution in [-0.2, 0) is 25.4 Å². The number of methoxy groups -OCH3 is 2. The Hall–Kier alpha value is -3.80. The van der Waals surface area contributed by atoms with Crippen molar-refractivity contribution in [3.63, 3.8) is 0 Å². The third-order valence-corrected chi connectivity index (χ3v) is 7.25. The molecule has 232 valence electrons. The largest absolute Gasteiger partial charge is 0.506 e. The number of phenolic OH excluding ortho intramolecular Hbond substituents is 2. The summed E-state index contributed by atoms with van der Waals surface area (Å²) in [7, 11) is 2.95. The van der Waals surface area contributed by atoms with Gasteiger partial charge < -0.3 is 45.9 Å². The quantitative estimate of drug-likeness (QED) is 0.162. The molecular weight excluding hydrogens is 542 g/mol. The number of amides is 2. The standard InChI is InChI=1S/C31H45N3O8/c1-8-12-33-26-21-13-17(2)14-25(41-7)27(36)19(4)15-20(5)29(42-31(32)39)24(40-6)11-9-10-18(3)30(38)34-22(28(21)37)16-23(26)35/h8-11,15-17,19,24-25,27,29,33,35-37H,1,12-14H2,2-7H3,(H2,32,39)(H,34,38)/b11-9-,18-10+,20-15+/t17-,19+,24?,25?,27?,29?/m1/s1. The summed E-state index contributed by atoms with van der Waals surface area (Å²) < 4.78 is 16.6. The first-order chi connectivity index (χ1) is 19.8. The predicted molar refractivity (Wildman–Crippen MR) is 162 cm³/mol. The van der Waals surface area contributed by atoms with Gasteiger partial charge in [0.05, 0.1) is 23.6 Å². The predicted octanol–water partition coefficient (Wildman–Crippen LogP) is 4.16. The van der Waals surface area contributed by atoms with Crippen LogP contribution in [0, 0.1) is 11.8 Å². The number of aromatic hydroxyl groups is 2. The zero-order chi connectivity index (χ0) is 31.6. The number of rotatable bonds is 6. The number of carbonyl (C=O) groups excluding carboxylic acids is 2. The third kappa shape index (κ3) is 9.10. The molecular formula is C31H45N3O8. The van der Waals surface area contributed by atoms with Crippen molar-refractivity contribution in [1.82, 2.24) is 0 Å². The molecule has 11 nitrogen and oxygen atoms in total. The van der Waals surface area contributed by atoms with Crippen molar-refractivity contribution in [3.8, 4) is 11.5 Å². The molecule has 0 aliphatic carbocycles. The number of phenols is 2. The van der Waals surface area contributed by atoms with E-state index in [0.29, 0.717) is 41.8 Å². The van der Waals surface area contributed by atoms with E-state index in [0.717, 1.165) is 0 Å². The summed E-state index contributed by atoms with van der Waals surface area (Å²) in [6.45, 7) is 11.1. The number of aliphatic hydroxyl groups excluding tert-OH is 1. The van der Waals surface area contributed by atoms with E-state index in [4.69, 9.17) is 19.9 Å². The Morgan fingerprint density at radius 1 is 1.24 bits per heavy atom. The van der Waals surface area contributed by atoms with E-state index in [-0.39, 0.29) is 23.1 Å². The molecule has 4 unspecified atom stereocenters. The molecule has 0 radical (unpaired) electrons. The van der Waals surface area contributed by atoms with Crippen LogP contribution in [0.1, 0.15) is 39.7 Å². The number of nitrogens with one attached hydrogen (secondary N) is 2. The number of allylic oxidation sites excluding steroid dienone is 2. The summed E-state index contributed by atoms with van der Waals surface area (Å²) >= 11 is 0. The molecule has 2 rings (SSSR count). The highest BCUT2D eigenvalue weighted by Gasteiger charge is 2.30. The van der Waals surface area contributed by atoms with Crippen molar-refractivity contribution in [3.05, 3.63) is 59.7 Å². The van der Waals surface area contributed by atoms with Gasteiger partial charge in [0, 0.05) is 43.9 Å². The van der Waals surface area contributed by atoms with Crippen LogP contribution in [0.25, 0.3) is 0 Å². The first-order valence-electron chi connectivity index (χ1n) is 13.8. The van der Waals surface area contributed by atoms with Crippen LogP contribution in [0.2, 0.25) is 0 Å². The Balaban J connectivity index is 2.67. The van der Waals surface area contributed by atoms with Gasteiger partial charge in [0.1, 0.15) is 17.6 Å². The summed E-state index contributed by atoms with van der Waals surface area (Å²) in [5.74, 6) is -1.41. The normalized spacial score (nSPS) is 29.3. The molecule has 42 heavy (non-hydrogen) atoms. The zero-order valence-corrected chi connectivity index (χ0v) is 25.2. The van der Waals surface area contributed by atoms with E-state index in [1.165, 1.54) is 26.4 Å². The SMILES string of the molecule is C=CCNc1c(O)cc2c(O)c1C[C@@H](C)CC(OC)C(O)[C@@H](C)/C=C(\C)C(OC(N)=O)C(OC)/C=C\C=C(/C)C(=O)N2. The minimum atomic E-state index is -0.990. The molecule has 11 heteroatoms. The van der Waals surface area contributed by atoms with Gasteiger partial charge in [0.15, 0.2) is 6.10 Å². The minimum Gasteiger partial charge on any atom is -0.506 e. The van der Waals surface area contributed by atoms with Gasteiger partial charge in [0.2, 0.25) is 0 Å². The average molecular weight is 588 g/mol. The molecule has 2 bridgehead atoms. The Morgan fingerprint density at radius 3 is 2.52 bits per heavy atom. The highest BCUT2D eigenvalue weighted by molar-refractivity contribution is 6.04. The van der Waals surface area contributed by atoms with Gasteiger partial charge >= 0.3 is 6.09 Å². The summed E-state index contributed by atoms with van der Waals surface area (Å²) in [5.41, 5.74) is 7.01. The maximum Gasteiger partial charge on any atom is 0.405 e.